The highest BCUT2D eigenvalue weighted by Gasteiger charge is 2.55. The Morgan fingerprint density at radius 1 is 1.30 bits per heavy atom. The standard InChI is InChI=1S/C20H28N4O3/c1-14-6-4-5-11-20(14)18(26)24(19(27)22-20)13-23(3)12-15-7-9-16(10-8-15)17(25)21-2/h7-10,14H,4-6,11-13H2,1-3H3,(H,21,25)(H,22,27)/p+1/t14-,20-/m1/s1. The van der Waals surface area contributed by atoms with Crippen molar-refractivity contribution >= 4 is 17.8 Å². The quantitative estimate of drug-likeness (QED) is 0.658. The van der Waals surface area contributed by atoms with Gasteiger partial charge in [-0.15, -0.1) is 0 Å². The van der Waals surface area contributed by atoms with Crippen molar-refractivity contribution < 1.29 is 19.3 Å². The van der Waals surface area contributed by atoms with Crippen LogP contribution in [0.4, 0.5) is 4.79 Å². The Morgan fingerprint density at radius 3 is 2.63 bits per heavy atom. The average molecular weight is 373 g/mol. The van der Waals surface area contributed by atoms with E-state index in [1.165, 1.54) is 4.90 Å². The van der Waals surface area contributed by atoms with E-state index >= 15 is 0 Å². The number of hydrogen-bond acceptors (Lipinski definition) is 3. The average Bonchev–Trinajstić information content (AvgIpc) is 2.89. The first kappa shape index (κ1) is 19.4. The topological polar surface area (TPSA) is 82.9 Å². The lowest BCUT2D eigenvalue weighted by Crippen LogP contribution is -3.09. The number of urea groups is 1. The predicted octanol–water partition coefficient (Wildman–Crippen LogP) is 0.519. The molecule has 2 aliphatic rings. The Balaban J connectivity index is 1.64. The highest BCUT2D eigenvalue weighted by atomic mass is 16.2. The molecule has 1 aromatic rings. The molecule has 1 saturated carbocycles. The lowest BCUT2D eigenvalue weighted by molar-refractivity contribution is -0.901. The number of carbonyl (C=O) groups is 3. The van der Waals surface area contributed by atoms with E-state index in [0.717, 1.165) is 36.1 Å². The van der Waals surface area contributed by atoms with Crippen molar-refractivity contribution in [2.24, 2.45) is 5.92 Å². The third-order valence-electron chi connectivity index (χ3n) is 5.88. The van der Waals surface area contributed by atoms with Crippen LogP contribution in [0.5, 0.6) is 0 Å². The number of nitrogens with one attached hydrogen (secondary N) is 3. The molecule has 146 valence electrons. The fraction of sp³-hybridized carbons (Fsp3) is 0.550. The molecule has 3 atom stereocenters. The summed E-state index contributed by atoms with van der Waals surface area (Å²) in [5.74, 6) is -0.0206. The molecule has 1 heterocycles. The molecule has 0 aromatic heterocycles. The van der Waals surface area contributed by atoms with Crippen molar-refractivity contribution in [1.29, 1.82) is 0 Å². The van der Waals surface area contributed by atoms with Gasteiger partial charge in [0.2, 0.25) is 0 Å². The normalized spacial score (nSPS) is 26.2. The van der Waals surface area contributed by atoms with Crippen LogP contribution in [0.25, 0.3) is 0 Å². The van der Waals surface area contributed by atoms with Crippen molar-refractivity contribution in [3.8, 4) is 0 Å². The molecular weight excluding hydrogens is 344 g/mol. The highest BCUT2D eigenvalue weighted by Crippen LogP contribution is 2.37. The number of amides is 4. The molecule has 4 amide bonds. The maximum absolute atomic E-state index is 13.0. The minimum atomic E-state index is -0.704. The minimum Gasteiger partial charge on any atom is -0.355 e. The number of carbonyl (C=O) groups excluding carboxylic acids is 3. The van der Waals surface area contributed by atoms with Crippen LogP contribution in [0, 0.1) is 5.92 Å². The van der Waals surface area contributed by atoms with E-state index in [-0.39, 0.29) is 23.8 Å². The molecule has 1 spiro atoms. The summed E-state index contributed by atoms with van der Waals surface area (Å²) < 4.78 is 0. The summed E-state index contributed by atoms with van der Waals surface area (Å²) in [4.78, 5) is 39.5. The summed E-state index contributed by atoms with van der Waals surface area (Å²) in [6.45, 7) is 3.05. The molecule has 1 saturated heterocycles. The van der Waals surface area contributed by atoms with E-state index in [2.05, 4.69) is 17.6 Å². The van der Waals surface area contributed by atoms with E-state index in [0.29, 0.717) is 18.8 Å². The van der Waals surface area contributed by atoms with Crippen LogP contribution >= 0.6 is 0 Å². The number of imide groups is 1. The van der Waals surface area contributed by atoms with E-state index in [1.807, 2.05) is 19.2 Å². The van der Waals surface area contributed by atoms with E-state index in [9.17, 15) is 14.4 Å². The molecule has 1 aliphatic heterocycles. The lowest BCUT2D eigenvalue weighted by Gasteiger charge is -2.36. The zero-order chi connectivity index (χ0) is 19.6. The molecule has 3 rings (SSSR count). The van der Waals surface area contributed by atoms with Gasteiger partial charge in [0.1, 0.15) is 12.1 Å². The van der Waals surface area contributed by atoms with Gasteiger partial charge in [-0.25, -0.2) is 9.69 Å². The van der Waals surface area contributed by atoms with Crippen LogP contribution in [0.3, 0.4) is 0 Å². The summed E-state index contributed by atoms with van der Waals surface area (Å²) in [6, 6.07) is 7.11. The van der Waals surface area contributed by atoms with Crippen LogP contribution in [-0.2, 0) is 11.3 Å². The summed E-state index contributed by atoms with van der Waals surface area (Å²) >= 11 is 0. The fourth-order valence-electron chi connectivity index (χ4n) is 4.23. The first-order chi connectivity index (χ1) is 12.9. The largest absolute Gasteiger partial charge is 0.355 e. The monoisotopic (exact) mass is 373 g/mol. The number of benzene rings is 1. The van der Waals surface area contributed by atoms with Gasteiger partial charge >= 0.3 is 6.03 Å². The first-order valence-electron chi connectivity index (χ1n) is 9.64. The maximum Gasteiger partial charge on any atom is 0.329 e. The zero-order valence-corrected chi connectivity index (χ0v) is 16.3. The van der Waals surface area contributed by atoms with Gasteiger partial charge in [0.25, 0.3) is 11.8 Å². The molecule has 1 aliphatic carbocycles. The Bertz CT molecular complexity index is 733. The van der Waals surface area contributed by atoms with Crippen molar-refractivity contribution in [3.63, 3.8) is 0 Å². The number of quaternary nitrogens is 1. The first-order valence-corrected chi connectivity index (χ1v) is 9.64. The van der Waals surface area contributed by atoms with Crippen LogP contribution in [0.15, 0.2) is 24.3 Å². The summed E-state index contributed by atoms with van der Waals surface area (Å²) in [5, 5.41) is 5.59. The Labute approximate surface area is 160 Å². The van der Waals surface area contributed by atoms with Gasteiger partial charge in [0.05, 0.1) is 7.05 Å². The number of rotatable bonds is 5. The summed E-state index contributed by atoms with van der Waals surface area (Å²) in [7, 11) is 3.56. The molecule has 7 heteroatoms. The van der Waals surface area contributed by atoms with E-state index in [4.69, 9.17) is 0 Å². The van der Waals surface area contributed by atoms with Gasteiger partial charge in [-0.1, -0.05) is 31.9 Å². The highest BCUT2D eigenvalue weighted by molar-refractivity contribution is 6.07. The number of hydrogen-bond donors (Lipinski definition) is 3. The lowest BCUT2D eigenvalue weighted by atomic mass is 9.73. The van der Waals surface area contributed by atoms with Crippen molar-refractivity contribution in [2.45, 2.75) is 44.7 Å². The Kier molecular flexibility index (Phi) is 5.51. The van der Waals surface area contributed by atoms with E-state index < -0.39 is 5.54 Å². The molecule has 0 radical (unpaired) electrons. The van der Waals surface area contributed by atoms with Gasteiger partial charge < -0.3 is 15.5 Å². The van der Waals surface area contributed by atoms with Gasteiger partial charge in [-0.05, 0) is 30.9 Å². The van der Waals surface area contributed by atoms with Gasteiger partial charge in [-0.2, -0.15) is 0 Å². The second-order valence-electron chi connectivity index (χ2n) is 7.85. The van der Waals surface area contributed by atoms with Crippen LogP contribution in [0.1, 0.15) is 48.5 Å². The van der Waals surface area contributed by atoms with Crippen LogP contribution < -0.4 is 15.5 Å². The summed E-state index contributed by atoms with van der Waals surface area (Å²) in [5.41, 5.74) is 0.958. The smallest absolute Gasteiger partial charge is 0.329 e. The third kappa shape index (κ3) is 3.69. The minimum absolute atomic E-state index is 0.0750. The van der Waals surface area contributed by atoms with Crippen LogP contribution in [0.2, 0.25) is 0 Å². The summed E-state index contributed by atoms with van der Waals surface area (Å²) in [6.07, 6.45) is 3.79. The molecule has 1 aromatic carbocycles. The maximum atomic E-state index is 13.0. The van der Waals surface area contributed by atoms with Gasteiger partial charge in [0.15, 0.2) is 6.67 Å². The van der Waals surface area contributed by atoms with Crippen LogP contribution in [-0.4, -0.2) is 49.0 Å². The molecule has 0 bridgehead atoms. The zero-order valence-electron chi connectivity index (χ0n) is 16.3. The van der Waals surface area contributed by atoms with Gasteiger partial charge in [-0.3, -0.25) is 9.59 Å². The molecule has 27 heavy (non-hydrogen) atoms. The molecule has 3 N–H and O–H groups in total. The SMILES string of the molecule is CNC(=O)c1ccc(C[NH+](C)CN2C(=O)N[C@@]3(CCCC[C@H]3C)C2=O)cc1. The van der Waals surface area contributed by atoms with Crippen molar-refractivity contribution in [3.05, 3.63) is 35.4 Å². The second-order valence-corrected chi connectivity index (χ2v) is 7.85. The molecule has 1 unspecified atom stereocenters. The molecule has 2 fully saturated rings. The van der Waals surface area contributed by atoms with Crippen molar-refractivity contribution in [2.75, 3.05) is 20.8 Å². The molecule has 7 nitrogen and oxygen atoms in total. The number of nitrogens with zero attached hydrogens (tertiary/aromatic N) is 1. The molecular formula is C20H29N4O3+. The predicted molar refractivity (Wildman–Crippen MR) is 101 cm³/mol. The second kappa shape index (κ2) is 7.68. The third-order valence-corrected chi connectivity index (χ3v) is 5.88. The Hall–Kier alpha value is -2.41. The van der Waals surface area contributed by atoms with Gasteiger partial charge in [0, 0.05) is 18.2 Å². The van der Waals surface area contributed by atoms with Crippen molar-refractivity contribution in [1.82, 2.24) is 15.5 Å². The van der Waals surface area contributed by atoms with E-state index in [1.54, 1.807) is 19.2 Å². The Morgan fingerprint density at radius 2 is 2.00 bits per heavy atom. The fourth-order valence-corrected chi connectivity index (χ4v) is 4.23.